The van der Waals surface area contributed by atoms with E-state index in [1.165, 1.54) is 12.1 Å². The molecule has 5 heteroatoms. The fraction of sp³-hybridized carbons (Fsp3) is 0.0833. The summed E-state index contributed by atoms with van der Waals surface area (Å²) in [5, 5.41) is 0. The summed E-state index contributed by atoms with van der Waals surface area (Å²) < 4.78 is 39.1. The SMILES string of the molecule is NC(c1ccc(F)cn1)c1cc(F)ccc1F. The fourth-order valence-corrected chi connectivity index (χ4v) is 1.48. The standard InChI is InChI=1S/C12H9F3N2/c13-7-1-3-10(15)9(5-7)12(16)11-4-2-8(14)6-17-11/h1-6,12H,16H2. The summed E-state index contributed by atoms with van der Waals surface area (Å²) in [7, 11) is 0. The van der Waals surface area contributed by atoms with Crippen molar-refractivity contribution in [3.8, 4) is 0 Å². The minimum atomic E-state index is -0.925. The molecule has 0 radical (unpaired) electrons. The molecule has 1 atom stereocenters. The Hall–Kier alpha value is -1.88. The molecule has 0 aliphatic heterocycles. The number of hydrogen-bond acceptors (Lipinski definition) is 2. The van der Waals surface area contributed by atoms with Crippen molar-refractivity contribution in [1.29, 1.82) is 0 Å². The van der Waals surface area contributed by atoms with E-state index in [2.05, 4.69) is 4.98 Å². The third-order valence-corrected chi connectivity index (χ3v) is 2.36. The topological polar surface area (TPSA) is 38.9 Å². The van der Waals surface area contributed by atoms with Crippen LogP contribution in [0, 0.1) is 17.5 Å². The van der Waals surface area contributed by atoms with Gasteiger partial charge in [0.25, 0.3) is 0 Å². The van der Waals surface area contributed by atoms with Crippen LogP contribution in [0.25, 0.3) is 0 Å². The summed E-state index contributed by atoms with van der Waals surface area (Å²) in [6.07, 6.45) is 0.979. The zero-order valence-electron chi connectivity index (χ0n) is 8.70. The van der Waals surface area contributed by atoms with Crippen LogP contribution in [0.4, 0.5) is 13.2 Å². The van der Waals surface area contributed by atoms with Crippen LogP contribution in [0.15, 0.2) is 36.5 Å². The summed E-state index contributed by atoms with van der Waals surface area (Å²) in [5.41, 5.74) is 6.01. The van der Waals surface area contributed by atoms with Gasteiger partial charge in [-0.15, -0.1) is 0 Å². The second-order valence-electron chi connectivity index (χ2n) is 3.54. The highest BCUT2D eigenvalue weighted by Crippen LogP contribution is 2.21. The van der Waals surface area contributed by atoms with Crippen LogP contribution in [0.5, 0.6) is 0 Å². The lowest BCUT2D eigenvalue weighted by Gasteiger charge is -2.12. The largest absolute Gasteiger partial charge is 0.319 e. The van der Waals surface area contributed by atoms with Gasteiger partial charge in [-0.1, -0.05) is 0 Å². The van der Waals surface area contributed by atoms with Crippen molar-refractivity contribution in [1.82, 2.24) is 4.98 Å². The molecule has 2 rings (SSSR count). The monoisotopic (exact) mass is 238 g/mol. The third-order valence-electron chi connectivity index (χ3n) is 2.36. The van der Waals surface area contributed by atoms with Crippen LogP contribution >= 0.6 is 0 Å². The van der Waals surface area contributed by atoms with Gasteiger partial charge < -0.3 is 5.73 Å². The summed E-state index contributed by atoms with van der Waals surface area (Å²) in [6, 6.07) is 4.58. The molecular formula is C12H9F3N2. The highest BCUT2D eigenvalue weighted by Gasteiger charge is 2.15. The molecule has 0 bridgehead atoms. The highest BCUT2D eigenvalue weighted by molar-refractivity contribution is 5.29. The van der Waals surface area contributed by atoms with Gasteiger partial charge in [0.2, 0.25) is 0 Å². The van der Waals surface area contributed by atoms with E-state index >= 15 is 0 Å². The van der Waals surface area contributed by atoms with E-state index in [0.29, 0.717) is 0 Å². The van der Waals surface area contributed by atoms with Gasteiger partial charge in [-0.2, -0.15) is 0 Å². The molecule has 0 fully saturated rings. The molecule has 88 valence electrons. The van der Waals surface area contributed by atoms with E-state index in [4.69, 9.17) is 5.73 Å². The lowest BCUT2D eigenvalue weighted by molar-refractivity contribution is 0.573. The van der Waals surface area contributed by atoms with Crippen molar-refractivity contribution in [3.63, 3.8) is 0 Å². The summed E-state index contributed by atoms with van der Waals surface area (Å²) >= 11 is 0. The van der Waals surface area contributed by atoms with Crippen molar-refractivity contribution in [2.75, 3.05) is 0 Å². The third kappa shape index (κ3) is 2.45. The number of rotatable bonds is 2. The van der Waals surface area contributed by atoms with Crippen LogP contribution in [-0.2, 0) is 0 Å². The summed E-state index contributed by atoms with van der Waals surface area (Å²) in [4.78, 5) is 3.74. The molecule has 1 heterocycles. The molecule has 0 amide bonds. The predicted molar refractivity (Wildman–Crippen MR) is 56.6 cm³/mol. The smallest absolute Gasteiger partial charge is 0.141 e. The van der Waals surface area contributed by atoms with Gasteiger partial charge in [0, 0.05) is 5.56 Å². The highest BCUT2D eigenvalue weighted by atomic mass is 19.1. The Labute approximate surface area is 95.9 Å². The van der Waals surface area contributed by atoms with Crippen LogP contribution in [0.3, 0.4) is 0 Å². The van der Waals surface area contributed by atoms with E-state index in [0.717, 1.165) is 24.4 Å². The van der Waals surface area contributed by atoms with Gasteiger partial charge in [-0.05, 0) is 30.3 Å². The first-order valence-electron chi connectivity index (χ1n) is 4.90. The Morgan fingerprint density at radius 2 is 1.71 bits per heavy atom. The molecule has 0 spiro atoms. The van der Waals surface area contributed by atoms with E-state index in [1.54, 1.807) is 0 Å². The molecule has 17 heavy (non-hydrogen) atoms. The predicted octanol–water partition coefficient (Wildman–Crippen LogP) is 2.55. The van der Waals surface area contributed by atoms with Crippen molar-refractivity contribution < 1.29 is 13.2 Å². The fourth-order valence-electron chi connectivity index (χ4n) is 1.48. The molecular weight excluding hydrogens is 229 g/mol. The van der Waals surface area contributed by atoms with Crippen molar-refractivity contribution in [2.24, 2.45) is 5.73 Å². The van der Waals surface area contributed by atoms with E-state index in [-0.39, 0.29) is 11.3 Å². The number of nitrogens with zero attached hydrogens (tertiary/aromatic N) is 1. The van der Waals surface area contributed by atoms with Gasteiger partial charge >= 0.3 is 0 Å². The van der Waals surface area contributed by atoms with Gasteiger partial charge in [0.15, 0.2) is 0 Å². The number of pyridine rings is 1. The van der Waals surface area contributed by atoms with E-state index in [1.807, 2.05) is 0 Å². The second-order valence-corrected chi connectivity index (χ2v) is 3.54. The minimum absolute atomic E-state index is 0.0101. The Bertz CT molecular complexity index is 526. The number of nitrogens with two attached hydrogens (primary N) is 1. The molecule has 1 unspecified atom stereocenters. The quantitative estimate of drug-likeness (QED) is 0.873. The van der Waals surface area contributed by atoms with Crippen LogP contribution in [0.2, 0.25) is 0 Å². The van der Waals surface area contributed by atoms with Crippen LogP contribution in [0.1, 0.15) is 17.3 Å². The average Bonchev–Trinajstić information content (AvgIpc) is 2.32. The van der Waals surface area contributed by atoms with Crippen LogP contribution < -0.4 is 5.73 Å². The molecule has 0 aliphatic rings. The Balaban J connectivity index is 2.39. The average molecular weight is 238 g/mol. The first-order valence-corrected chi connectivity index (χ1v) is 4.90. The minimum Gasteiger partial charge on any atom is -0.319 e. The second kappa shape index (κ2) is 4.55. The van der Waals surface area contributed by atoms with Crippen molar-refractivity contribution in [3.05, 3.63) is 65.2 Å². The van der Waals surface area contributed by atoms with E-state index in [9.17, 15) is 13.2 Å². The number of halogens is 3. The van der Waals surface area contributed by atoms with Crippen molar-refractivity contribution in [2.45, 2.75) is 6.04 Å². The van der Waals surface area contributed by atoms with Gasteiger partial charge in [-0.3, -0.25) is 4.98 Å². The molecule has 2 N–H and O–H groups in total. The number of aromatic nitrogens is 1. The molecule has 0 saturated heterocycles. The molecule has 0 saturated carbocycles. The van der Waals surface area contributed by atoms with Crippen LogP contribution in [-0.4, -0.2) is 4.98 Å². The summed E-state index contributed by atoms with van der Waals surface area (Å²) in [6.45, 7) is 0. The van der Waals surface area contributed by atoms with Gasteiger partial charge in [0.05, 0.1) is 17.9 Å². The van der Waals surface area contributed by atoms with Gasteiger partial charge in [-0.25, -0.2) is 13.2 Å². The number of hydrogen-bond donors (Lipinski definition) is 1. The molecule has 0 aliphatic carbocycles. The molecule has 1 aromatic carbocycles. The normalized spacial score (nSPS) is 12.5. The molecule has 1 aromatic heterocycles. The van der Waals surface area contributed by atoms with E-state index < -0.39 is 23.5 Å². The Kier molecular flexibility index (Phi) is 3.10. The maximum atomic E-state index is 13.4. The summed E-state index contributed by atoms with van der Waals surface area (Å²) in [5.74, 6) is -1.72. The lowest BCUT2D eigenvalue weighted by atomic mass is 10.0. The molecule has 2 aromatic rings. The first-order chi connectivity index (χ1) is 8.08. The Morgan fingerprint density at radius 1 is 1.00 bits per heavy atom. The first kappa shape index (κ1) is 11.6. The number of benzene rings is 1. The van der Waals surface area contributed by atoms with Gasteiger partial charge in [0.1, 0.15) is 17.5 Å². The maximum Gasteiger partial charge on any atom is 0.141 e. The zero-order valence-corrected chi connectivity index (χ0v) is 8.70. The molecule has 2 nitrogen and oxygen atoms in total. The van der Waals surface area contributed by atoms with Crippen molar-refractivity contribution >= 4 is 0 Å². The zero-order chi connectivity index (χ0) is 12.4. The Morgan fingerprint density at radius 3 is 2.35 bits per heavy atom. The maximum absolute atomic E-state index is 13.4. The lowest BCUT2D eigenvalue weighted by Crippen LogP contribution is -2.15.